The first-order valence-electron chi connectivity index (χ1n) is 6.37. The van der Waals surface area contributed by atoms with E-state index < -0.39 is 10.8 Å². The number of furan rings is 1. The summed E-state index contributed by atoms with van der Waals surface area (Å²) in [6.45, 7) is 1.80. The minimum absolute atomic E-state index is 0.114. The molecule has 114 valence electrons. The van der Waals surface area contributed by atoms with Gasteiger partial charge >= 0.3 is 0 Å². The van der Waals surface area contributed by atoms with E-state index in [-0.39, 0.29) is 11.4 Å². The van der Waals surface area contributed by atoms with E-state index in [0.717, 1.165) is 5.76 Å². The highest BCUT2D eigenvalue weighted by Crippen LogP contribution is 2.28. The van der Waals surface area contributed by atoms with Crippen LogP contribution in [0.4, 0.5) is 11.4 Å². The monoisotopic (exact) mass is 302 g/mol. The van der Waals surface area contributed by atoms with Gasteiger partial charge in [-0.15, -0.1) is 0 Å². The third-order valence-corrected chi connectivity index (χ3v) is 2.81. The first-order chi connectivity index (χ1) is 10.5. The zero-order chi connectivity index (χ0) is 16.1. The number of nitro groups is 1. The largest absolute Gasteiger partial charge is 0.494 e. The van der Waals surface area contributed by atoms with Gasteiger partial charge in [0, 0.05) is 12.1 Å². The molecular formula is C15H14N2O5. The SMILES string of the molecule is COc1cc([N+](=O)[O-])ccc1NC(=O)/C=C\c1ccc(C)o1. The van der Waals surface area contributed by atoms with Gasteiger partial charge < -0.3 is 14.5 Å². The molecule has 7 nitrogen and oxygen atoms in total. The van der Waals surface area contributed by atoms with E-state index in [1.165, 1.54) is 37.5 Å². The Labute approximate surface area is 126 Å². The molecule has 0 aliphatic heterocycles. The number of nitrogens with one attached hydrogen (secondary N) is 1. The highest BCUT2D eigenvalue weighted by Gasteiger charge is 2.12. The van der Waals surface area contributed by atoms with Crippen molar-refractivity contribution in [3.63, 3.8) is 0 Å². The van der Waals surface area contributed by atoms with Crippen molar-refractivity contribution in [1.29, 1.82) is 0 Å². The lowest BCUT2D eigenvalue weighted by Crippen LogP contribution is -2.09. The number of ether oxygens (including phenoxy) is 1. The number of carbonyl (C=O) groups excluding carboxylic acids is 1. The summed E-state index contributed by atoms with van der Waals surface area (Å²) in [5.74, 6) is 1.12. The molecule has 1 N–H and O–H groups in total. The minimum Gasteiger partial charge on any atom is -0.494 e. The third-order valence-electron chi connectivity index (χ3n) is 2.81. The van der Waals surface area contributed by atoms with Crippen molar-refractivity contribution in [2.75, 3.05) is 12.4 Å². The molecule has 0 aliphatic rings. The third kappa shape index (κ3) is 3.72. The lowest BCUT2D eigenvalue weighted by atomic mass is 10.2. The Kier molecular flexibility index (Phi) is 4.57. The van der Waals surface area contributed by atoms with E-state index in [1.807, 2.05) is 0 Å². The van der Waals surface area contributed by atoms with E-state index in [9.17, 15) is 14.9 Å². The number of rotatable bonds is 5. The van der Waals surface area contributed by atoms with Gasteiger partial charge in [0.1, 0.15) is 17.3 Å². The predicted octanol–water partition coefficient (Wildman–Crippen LogP) is 3.16. The summed E-state index contributed by atoms with van der Waals surface area (Å²) >= 11 is 0. The van der Waals surface area contributed by atoms with Crippen molar-refractivity contribution in [2.45, 2.75) is 6.92 Å². The Balaban J connectivity index is 2.11. The van der Waals surface area contributed by atoms with E-state index in [2.05, 4.69) is 5.32 Å². The van der Waals surface area contributed by atoms with Crippen molar-refractivity contribution in [2.24, 2.45) is 0 Å². The molecule has 0 saturated carbocycles. The topological polar surface area (TPSA) is 94.6 Å². The van der Waals surface area contributed by atoms with Gasteiger partial charge in [-0.3, -0.25) is 14.9 Å². The predicted molar refractivity (Wildman–Crippen MR) is 80.8 cm³/mol. The summed E-state index contributed by atoms with van der Waals surface area (Å²) in [7, 11) is 1.37. The van der Waals surface area contributed by atoms with Crippen molar-refractivity contribution >= 4 is 23.4 Å². The molecule has 0 spiro atoms. The first kappa shape index (κ1) is 15.3. The Hall–Kier alpha value is -3.09. The molecule has 0 fully saturated rings. The Morgan fingerprint density at radius 1 is 1.36 bits per heavy atom. The maximum atomic E-state index is 11.9. The number of aryl methyl sites for hydroxylation is 1. The van der Waals surface area contributed by atoms with Crippen LogP contribution in [0.5, 0.6) is 5.75 Å². The van der Waals surface area contributed by atoms with Gasteiger partial charge in [-0.05, 0) is 31.2 Å². The maximum absolute atomic E-state index is 11.9. The quantitative estimate of drug-likeness (QED) is 0.520. The molecule has 22 heavy (non-hydrogen) atoms. The van der Waals surface area contributed by atoms with E-state index >= 15 is 0 Å². The smallest absolute Gasteiger partial charge is 0.273 e. The van der Waals surface area contributed by atoms with Crippen LogP contribution in [-0.4, -0.2) is 17.9 Å². The molecule has 2 aromatic rings. The summed E-state index contributed by atoms with van der Waals surface area (Å²) in [5.41, 5.74) is 0.231. The van der Waals surface area contributed by atoms with E-state index in [4.69, 9.17) is 9.15 Å². The zero-order valence-corrected chi connectivity index (χ0v) is 12.0. The van der Waals surface area contributed by atoms with Gasteiger partial charge in [-0.25, -0.2) is 0 Å². The number of amides is 1. The summed E-state index contributed by atoms with van der Waals surface area (Å²) in [6.07, 6.45) is 2.83. The van der Waals surface area contributed by atoms with Crippen LogP contribution in [0.1, 0.15) is 11.5 Å². The second-order valence-electron chi connectivity index (χ2n) is 4.41. The number of hydrogen-bond donors (Lipinski definition) is 1. The highest BCUT2D eigenvalue weighted by molar-refractivity contribution is 6.02. The second-order valence-corrected chi connectivity index (χ2v) is 4.41. The van der Waals surface area contributed by atoms with Gasteiger partial charge in [0.25, 0.3) is 5.69 Å². The number of methoxy groups -OCH3 is 1. The van der Waals surface area contributed by atoms with Gasteiger partial charge in [0.05, 0.1) is 23.8 Å². The van der Waals surface area contributed by atoms with Crippen molar-refractivity contribution in [3.8, 4) is 5.75 Å². The van der Waals surface area contributed by atoms with Crippen LogP contribution in [0.25, 0.3) is 6.08 Å². The van der Waals surface area contributed by atoms with Crippen LogP contribution in [-0.2, 0) is 4.79 Å². The molecule has 0 aliphatic carbocycles. The average molecular weight is 302 g/mol. The molecule has 1 amide bonds. The molecule has 1 aromatic carbocycles. The van der Waals surface area contributed by atoms with Gasteiger partial charge in [-0.2, -0.15) is 0 Å². The number of hydrogen-bond acceptors (Lipinski definition) is 5. The molecule has 0 bridgehead atoms. The van der Waals surface area contributed by atoms with Gasteiger partial charge in [0.2, 0.25) is 5.91 Å². The number of benzene rings is 1. The number of nitrogens with zero attached hydrogens (tertiary/aromatic N) is 1. The maximum Gasteiger partial charge on any atom is 0.273 e. The fourth-order valence-electron chi connectivity index (χ4n) is 1.77. The molecular weight excluding hydrogens is 288 g/mol. The van der Waals surface area contributed by atoms with Crippen molar-refractivity contribution in [1.82, 2.24) is 0 Å². The highest BCUT2D eigenvalue weighted by atomic mass is 16.6. The van der Waals surface area contributed by atoms with Crippen LogP contribution in [0.3, 0.4) is 0 Å². The average Bonchev–Trinajstić information content (AvgIpc) is 2.91. The molecule has 1 aromatic heterocycles. The molecule has 0 atom stereocenters. The number of carbonyl (C=O) groups is 1. The summed E-state index contributed by atoms with van der Waals surface area (Å²) in [4.78, 5) is 22.0. The number of nitro benzene ring substituents is 1. The van der Waals surface area contributed by atoms with Crippen LogP contribution < -0.4 is 10.1 Å². The summed E-state index contributed by atoms with van der Waals surface area (Å²) in [5, 5.41) is 13.3. The Morgan fingerprint density at radius 3 is 2.73 bits per heavy atom. The fraction of sp³-hybridized carbons (Fsp3) is 0.133. The molecule has 7 heteroatoms. The standard InChI is InChI=1S/C15H14N2O5/c1-10-3-5-12(22-10)6-8-15(18)16-13-7-4-11(17(19)20)9-14(13)21-2/h3-9H,1-2H3,(H,16,18)/b8-6-. The lowest BCUT2D eigenvalue weighted by Gasteiger charge is -2.08. The fourth-order valence-corrected chi connectivity index (χ4v) is 1.77. The van der Waals surface area contributed by atoms with Gasteiger partial charge in [0.15, 0.2) is 0 Å². The van der Waals surface area contributed by atoms with Crippen LogP contribution >= 0.6 is 0 Å². The van der Waals surface area contributed by atoms with Crippen LogP contribution in [0.2, 0.25) is 0 Å². The number of non-ortho nitro benzene ring substituents is 1. The van der Waals surface area contributed by atoms with Crippen LogP contribution in [0, 0.1) is 17.0 Å². The van der Waals surface area contributed by atoms with Crippen molar-refractivity contribution < 1.29 is 18.9 Å². The zero-order valence-electron chi connectivity index (χ0n) is 12.0. The molecule has 0 unspecified atom stereocenters. The van der Waals surface area contributed by atoms with E-state index in [1.54, 1.807) is 19.1 Å². The van der Waals surface area contributed by atoms with Crippen LogP contribution in [0.15, 0.2) is 40.8 Å². The summed E-state index contributed by atoms with van der Waals surface area (Å²) in [6, 6.07) is 7.48. The van der Waals surface area contributed by atoms with E-state index in [0.29, 0.717) is 11.4 Å². The summed E-state index contributed by atoms with van der Waals surface area (Å²) < 4.78 is 10.3. The molecule has 0 saturated heterocycles. The molecule has 1 heterocycles. The molecule has 0 radical (unpaired) electrons. The first-order valence-corrected chi connectivity index (χ1v) is 6.37. The van der Waals surface area contributed by atoms with Crippen molar-refractivity contribution in [3.05, 3.63) is 58.0 Å². The molecule has 2 rings (SSSR count). The lowest BCUT2D eigenvalue weighted by molar-refractivity contribution is -0.384. The minimum atomic E-state index is -0.534. The Bertz CT molecular complexity index is 733. The number of anilines is 1. The second kappa shape index (κ2) is 6.57. The van der Waals surface area contributed by atoms with Gasteiger partial charge in [-0.1, -0.05) is 0 Å². The Morgan fingerprint density at radius 2 is 2.14 bits per heavy atom. The normalized spacial score (nSPS) is 10.6.